The Morgan fingerprint density at radius 2 is 1.90 bits per heavy atom. The number of aromatic nitrogens is 4. The summed E-state index contributed by atoms with van der Waals surface area (Å²) in [6.07, 6.45) is 5.15. The highest BCUT2D eigenvalue weighted by Crippen LogP contribution is 2.30. The molecule has 0 bridgehead atoms. The molecule has 3 aromatic heterocycles. The van der Waals surface area contributed by atoms with Crippen molar-refractivity contribution in [1.29, 1.82) is 0 Å². The summed E-state index contributed by atoms with van der Waals surface area (Å²) in [5.74, 6) is 1.35. The molecule has 12 heteroatoms. The number of ether oxygens (including phenoxy) is 4. The molecule has 40 heavy (non-hydrogen) atoms. The van der Waals surface area contributed by atoms with Gasteiger partial charge in [0, 0.05) is 17.8 Å². The van der Waals surface area contributed by atoms with Crippen LogP contribution in [0.25, 0.3) is 23.3 Å². The first-order valence-corrected chi connectivity index (χ1v) is 12.5. The molecule has 0 spiro atoms. The summed E-state index contributed by atoms with van der Waals surface area (Å²) < 4.78 is 28.4. The van der Waals surface area contributed by atoms with Gasteiger partial charge < -0.3 is 23.4 Å². The fourth-order valence-corrected chi connectivity index (χ4v) is 3.73. The molecule has 0 radical (unpaired) electrons. The molecular formula is C28H31N5O7. The number of hydrogen-bond acceptors (Lipinski definition) is 10. The minimum Gasteiger partial charge on any atom is -0.493 e. The lowest BCUT2D eigenvalue weighted by atomic mass is 10.2. The second-order valence-electron chi connectivity index (χ2n) is 9.50. The quantitative estimate of drug-likeness (QED) is 0.209. The maximum atomic E-state index is 13.5. The highest BCUT2D eigenvalue weighted by molar-refractivity contribution is 5.89. The second kappa shape index (κ2) is 11.9. The van der Waals surface area contributed by atoms with Crippen LogP contribution in [0.5, 0.6) is 11.5 Å². The smallest absolute Gasteiger partial charge is 0.417 e. The van der Waals surface area contributed by atoms with Gasteiger partial charge in [0.15, 0.2) is 22.9 Å². The lowest BCUT2D eigenvalue weighted by molar-refractivity contribution is -0.137. The fourth-order valence-electron chi connectivity index (χ4n) is 3.73. The van der Waals surface area contributed by atoms with Crippen LogP contribution in [0.3, 0.4) is 0 Å². The summed E-state index contributed by atoms with van der Waals surface area (Å²) >= 11 is 0. The van der Waals surface area contributed by atoms with Crippen LogP contribution in [0.4, 0.5) is 10.7 Å². The van der Waals surface area contributed by atoms with E-state index in [9.17, 15) is 9.59 Å². The number of rotatable bonds is 9. The second-order valence-corrected chi connectivity index (χ2v) is 9.50. The summed E-state index contributed by atoms with van der Waals surface area (Å²) in [6.45, 7) is 7.34. The van der Waals surface area contributed by atoms with E-state index >= 15 is 0 Å². The van der Waals surface area contributed by atoms with Crippen molar-refractivity contribution in [1.82, 2.24) is 19.6 Å². The van der Waals surface area contributed by atoms with Crippen LogP contribution in [0, 0.1) is 0 Å². The molecule has 0 unspecified atom stereocenters. The molecule has 0 aliphatic heterocycles. The average Bonchev–Trinajstić information content (AvgIpc) is 3.60. The van der Waals surface area contributed by atoms with E-state index in [1.807, 2.05) is 6.07 Å². The Morgan fingerprint density at radius 1 is 1.12 bits per heavy atom. The van der Waals surface area contributed by atoms with E-state index in [-0.39, 0.29) is 24.9 Å². The molecule has 1 amide bonds. The van der Waals surface area contributed by atoms with Gasteiger partial charge in [-0.3, -0.25) is 0 Å². The van der Waals surface area contributed by atoms with Gasteiger partial charge in [0.05, 0.1) is 33.6 Å². The lowest BCUT2D eigenvalue weighted by Gasteiger charge is -2.27. The minimum absolute atomic E-state index is 0.0608. The molecule has 0 N–H and O–H groups in total. The van der Waals surface area contributed by atoms with Gasteiger partial charge in [0.25, 0.3) is 0 Å². The van der Waals surface area contributed by atoms with Crippen molar-refractivity contribution in [3.63, 3.8) is 0 Å². The molecular weight excluding hydrogens is 518 g/mol. The zero-order chi connectivity index (χ0) is 28.9. The van der Waals surface area contributed by atoms with Gasteiger partial charge in [0.1, 0.15) is 5.60 Å². The average molecular weight is 550 g/mol. The van der Waals surface area contributed by atoms with Gasteiger partial charge in [0.2, 0.25) is 11.8 Å². The predicted octanol–water partition coefficient (Wildman–Crippen LogP) is 4.92. The van der Waals surface area contributed by atoms with E-state index in [2.05, 4.69) is 15.1 Å². The van der Waals surface area contributed by atoms with Crippen molar-refractivity contribution in [3.8, 4) is 23.1 Å². The normalized spacial score (nSPS) is 11.6. The van der Waals surface area contributed by atoms with Crippen LogP contribution in [-0.2, 0) is 20.8 Å². The number of carbonyl (C=O) groups is 2. The molecule has 3 heterocycles. The SMILES string of the molecule is CCOC(=O)/C=C/c1cnc(N(Cc2ccc(OC)c(OC)c2)C(=O)OC(C)(C)C)n2nc(-c3ccco3)nc12. The third-order valence-corrected chi connectivity index (χ3v) is 5.44. The van der Waals surface area contributed by atoms with Crippen LogP contribution in [-0.4, -0.2) is 58.1 Å². The molecule has 0 saturated heterocycles. The summed E-state index contributed by atoms with van der Waals surface area (Å²) in [7, 11) is 3.08. The molecule has 210 valence electrons. The van der Waals surface area contributed by atoms with E-state index in [4.69, 9.17) is 23.4 Å². The maximum Gasteiger partial charge on any atom is 0.417 e. The van der Waals surface area contributed by atoms with Gasteiger partial charge in [-0.05, 0) is 63.6 Å². The number of carbonyl (C=O) groups excluding carboxylic acids is 2. The number of furan rings is 1. The molecule has 0 saturated carbocycles. The first kappa shape index (κ1) is 28.1. The van der Waals surface area contributed by atoms with Crippen LogP contribution >= 0.6 is 0 Å². The van der Waals surface area contributed by atoms with E-state index < -0.39 is 17.7 Å². The third kappa shape index (κ3) is 6.40. The Kier molecular flexibility index (Phi) is 8.37. The largest absolute Gasteiger partial charge is 0.493 e. The zero-order valence-corrected chi connectivity index (χ0v) is 23.2. The van der Waals surface area contributed by atoms with Gasteiger partial charge in [-0.2, -0.15) is 4.52 Å². The molecule has 0 atom stereocenters. The molecule has 0 aliphatic carbocycles. The Morgan fingerprint density at radius 3 is 2.55 bits per heavy atom. The van der Waals surface area contributed by atoms with Crippen LogP contribution in [0.15, 0.2) is 53.3 Å². The summed E-state index contributed by atoms with van der Waals surface area (Å²) in [5, 5.41) is 4.59. The number of fused-ring (bicyclic) bond motifs is 1. The number of esters is 1. The van der Waals surface area contributed by atoms with Crippen LogP contribution in [0.2, 0.25) is 0 Å². The van der Waals surface area contributed by atoms with Crippen molar-refractivity contribution in [2.75, 3.05) is 25.7 Å². The number of anilines is 1. The Balaban J connectivity index is 1.86. The number of hydrogen-bond donors (Lipinski definition) is 0. The number of methoxy groups -OCH3 is 2. The molecule has 1 aromatic carbocycles. The highest BCUT2D eigenvalue weighted by Gasteiger charge is 2.28. The van der Waals surface area contributed by atoms with E-state index in [0.29, 0.717) is 28.5 Å². The molecule has 0 fully saturated rings. The van der Waals surface area contributed by atoms with Crippen molar-refractivity contribution < 1.29 is 33.0 Å². The molecule has 4 rings (SSSR count). The predicted molar refractivity (Wildman–Crippen MR) is 146 cm³/mol. The minimum atomic E-state index is -0.782. The lowest BCUT2D eigenvalue weighted by Crippen LogP contribution is -2.38. The summed E-state index contributed by atoms with van der Waals surface area (Å²) in [6, 6.07) is 8.75. The van der Waals surface area contributed by atoms with Crippen molar-refractivity contribution in [2.45, 2.75) is 39.8 Å². The summed E-state index contributed by atoms with van der Waals surface area (Å²) in [5.41, 5.74) is 0.738. The Hall–Kier alpha value is -4.87. The number of nitrogens with zero attached hydrogens (tertiary/aromatic N) is 5. The van der Waals surface area contributed by atoms with Gasteiger partial charge >= 0.3 is 12.1 Å². The standard InChI is InChI=1S/C28H31N5O7/c1-7-38-23(34)13-11-19-16-29-26(33-25(19)30-24(31-33)21-9-8-14-39-21)32(27(35)40-28(2,3)4)17-18-10-12-20(36-5)22(15-18)37-6/h8-16H,7,17H2,1-6H3/b13-11+. The van der Waals surface area contributed by atoms with E-state index in [1.54, 1.807) is 59.1 Å². The topological polar surface area (TPSA) is 131 Å². The Bertz CT molecular complexity index is 1520. The van der Waals surface area contributed by atoms with Crippen molar-refractivity contribution in [2.24, 2.45) is 0 Å². The first-order chi connectivity index (χ1) is 19.1. The van der Waals surface area contributed by atoms with Gasteiger partial charge in [-0.1, -0.05) is 6.07 Å². The molecule has 4 aromatic rings. The molecule has 12 nitrogen and oxygen atoms in total. The zero-order valence-electron chi connectivity index (χ0n) is 23.2. The van der Waals surface area contributed by atoms with Crippen molar-refractivity contribution >= 4 is 29.7 Å². The highest BCUT2D eigenvalue weighted by atomic mass is 16.6. The van der Waals surface area contributed by atoms with Gasteiger partial charge in [-0.25, -0.2) is 24.5 Å². The number of benzene rings is 1. The third-order valence-electron chi connectivity index (χ3n) is 5.44. The number of amides is 1. The first-order valence-electron chi connectivity index (χ1n) is 12.5. The maximum absolute atomic E-state index is 13.5. The van der Waals surface area contributed by atoms with Crippen LogP contribution < -0.4 is 14.4 Å². The fraction of sp³-hybridized carbons (Fsp3) is 0.321. The Labute approximate surface area is 231 Å². The van der Waals surface area contributed by atoms with Crippen LogP contribution in [0.1, 0.15) is 38.8 Å². The van der Waals surface area contributed by atoms with Gasteiger partial charge in [-0.15, -0.1) is 5.10 Å². The van der Waals surface area contributed by atoms with E-state index in [0.717, 1.165) is 5.56 Å². The van der Waals surface area contributed by atoms with E-state index in [1.165, 1.54) is 41.1 Å². The molecule has 0 aliphatic rings. The van der Waals surface area contributed by atoms with Crippen molar-refractivity contribution in [3.05, 3.63) is 60.0 Å². The monoisotopic (exact) mass is 549 g/mol. The summed E-state index contributed by atoms with van der Waals surface area (Å²) in [4.78, 5) is 36.0.